The molecule has 0 aliphatic heterocycles. The Morgan fingerprint density at radius 3 is 2.03 bits per heavy atom. The number of hydrogen-bond acceptors (Lipinski definition) is 5. The summed E-state index contributed by atoms with van der Waals surface area (Å²) in [5.74, 6) is 1.55. The summed E-state index contributed by atoms with van der Waals surface area (Å²) >= 11 is 1.68. The molecule has 0 bridgehead atoms. The van der Waals surface area contributed by atoms with Crippen LogP contribution in [0.5, 0.6) is 11.5 Å². The monoisotopic (exact) mass is 566 g/mol. The largest absolute Gasteiger partial charge is 0.496 e. The first kappa shape index (κ1) is 28.8. The van der Waals surface area contributed by atoms with Gasteiger partial charge in [-0.2, -0.15) is 0 Å². The lowest BCUT2D eigenvalue weighted by Gasteiger charge is -2.38. The van der Waals surface area contributed by atoms with Gasteiger partial charge in [-0.15, -0.1) is 17.9 Å². The lowest BCUT2D eigenvalue weighted by molar-refractivity contribution is 0.103. The Balaban J connectivity index is 2.03. The van der Waals surface area contributed by atoms with Crippen molar-refractivity contribution in [1.29, 1.82) is 0 Å². The molecule has 0 fully saturated rings. The number of methoxy groups -OCH3 is 2. The van der Waals surface area contributed by atoms with Gasteiger partial charge in [-0.1, -0.05) is 46.5 Å². The van der Waals surface area contributed by atoms with Gasteiger partial charge in [-0.3, -0.25) is 4.79 Å². The Morgan fingerprint density at radius 2 is 1.55 bits per heavy atom. The summed E-state index contributed by atoms with van der Waals surface area (Å²) in [6.07, 6.45) is 2.01. The maximum Gasteiger partial charge on any atom is 0.203 e. The number of ketones is 1. The molecule has 1 aliphatic rings. The zero-order valence-corrected chi connectivity index (χ0v) is 27.7. The van der Waals surface area contributed by atoms with Crippen LogP contribution in [0.15, 0.2) is 36.9 Å². The molecule has 204 valence electrons. The molecule has 1 aromatic heterocycles. The summed E-state index contributed by atoms with van der Waals surface area (Å²) in [5.41, 5.74) is 3.39. The maximum absolute atomic E-state index is 14.2. The van der Waals surface area contributed by atoms with E-state index in [1.807, 2.05) is 24.3 Å². The molecule has 38 heavy (non-hydrogen) atoms. The fourth-order valence-corrected chi connectivity index (χ4v) is 9.87. The van der Waals surface area contributed by atoms with Crippen molar-refractivity contribution >= 4 is 48.8 Å². The molecule has 0 N–H and O–H groups in total. The third-order valence-electron chi connectivity index (χ3n) is 8.52. The van der Waals surface area contributed by atoms with Gasteiger partial charge in [0.25, 0.3) is 0 Å². The zero-order valence-electron chi connectivity index (χ0n) is 24.8. The van der Waals surface area contributed by atoms with Crippen molar-refractivity contribution < 1.29 is 18.7 Å². The normalized spacial score (nSPS) is 17.8. The lowest BCUT2D eigenvalue weighted by atomic mass is 9.68. The van der Waals surface area contributed by atoms with E-state index >= 15 is 0 Å². The van der Waals surface area contributed by atoms with Crippen molar-refractivity contribution in [2.75, 3.05) is 14.2 Å². The van der Waals surface area contributed by atoms with Crippen LogP contribution in [0.2, 0.25) is 37.8 Å². The smallest absolute Gasteiger partial charge is 0.203 e. The molecule has 4 rings (SSSR count). The van der Waals surface area contributed by atoms with Crippen molar-refractivity contribution in [2.45, 2.75) is 77.5 Å². The summed E-state index contributed by atoms with van der Waals surface area (Å²) in [6.45, 7) is 25.5. The van der Waals surface area contributed by atoms with Crippen LogP contribution < -0.4 is 14.0 Å². The average Bonchev–Trinajstić information content (AvgIpc) is 3.25. The molecule has 0 saturated carbocycles. The predicted octanol–water partition coefficient (Wildman–Crippen LogP) is 8.02. The molecule has 2 aromatic carbocycles. The quantitative estimate of drug-likeness (QED) is 0.215. The van der Waals surface area contributed by atoms with Gasteiger partial charge in [0, 0.05) is 21.8 Å². The Bertz CT molecular complexity index is 1440. The zero-order chi connectivity index (χ0) is 28.4. The summed E-state index contributed by atoms with van der Waals surface area (Å²) in [6, 6.07) is 7.91. The fraction of sp³-hybridized carbons (Fsp3) is 0.452. The minimum absolute atomic E-state index is 0.0733. The first-order chi connectivity index (χ1) is 17.5. The first-order valence-corrected chi connectivity index (χ1v) is 20.4. The van der Waals surface area contributed by atoms with E-state index < -0.39 is 21.8 Å². The van der Waals surface area contributed by atoms with Crippen LogP contribution in [0.4, 0.5) is 0 Å². The fourth-order valence-electron chi connectivity index (χ4n) is 5.17. The molecular formula is C31H42O4SSi2. The van der Waals surface area contributed by atoms with Crippen molar-refractivity contribution in [3.8, 4) is 11.5 Å². The summed E-state index contributed by atoms with van der Waals surface area (Å²) < 4.78 is 19.6. The van der Waals surface area contributed by atoms with E-state index in [2.05, 4.69) is 73.1 Å². The van der Waals surface area contributed by atoms with Gasteiger partial charge in [0.15, 0.2) is 8.32 Å². The van der Waals surface area contributed by atoms with Crippen molar-refractivity contribution in [2.24, 2.45) is 0 Å². The highest BCUT2D eigenvalue weighted by molar-refractivity contribution is 7.28. The van der Waals surface area contributed by atoms with Crippen molar-refractivity contribution in [1.82, 2.24) is 0 Å². The number of allylic oxidation sites excluding steroid dienone is 1. The maximum atomic E-state index is 14.2. The standard InChI is InChI=1S/C31H42O4SSi2/c1-13-31(5)23-17-20-19(24(33-6)14-15-25(20)34-7)16-21(23)27(32)28-26(31)22(29(36-28)37(8,9)10)18-35-38(11,12)30(2,3)4/h13-17H,1,18H2,2-12H3. The molecule has 1 atom stereocenters. The summed E-state index contributed by atoms with van der Waals surface area (Å²) in [5, 5.41) is 1.90. The van der Waals surface area contributed by atoms with Crippen LogP contribution in [-0.2, 0) is 16.4 Å². The summed E-state index contributed by atoms with van der Waals surface area (Å²) in [4.78, 5) is 15.1. The second kappa shape index (κ2) is 9.47. The van der Waals surface area contributed by atoms with Gasteiger partial charge < -0.3 is 13.9 Å². The average molecular weight is 567 g/mol. The molecule has 7 heteroatoms. The molecule has 3 aromatic rings. The number of thiophene rings is 1. The SMILES string of the molecule is C=CC1(C)c2cc3c(OC)ccc(OC)c3cc2C(=O)c2sc([Si](C)(C)C)c(CO[Si](C)(C)C(C)(C)C)c21. The predicted molar refractivity (Wildman–Crippen MR) is 166 cm³/mol. The molecule has 1 heterocycles. The minimum Gasteiger partial charge on any atom is -0.496 e. The molecular weight excluding hydrogens is 525 g/mol. The Morgan fingerprint density at radius 1 is 1.00 bits per heavy atom. The van der Waals surface area contributed by atoms with E-state index in [0.29, 0.717) is 12.2 Å². The van der Waals surface area contributed by atoms with E-state index in [4.69, 9.17) is 13.9 Å². The topological polar surface area (TPSA) is 44.8 Å². The third-order valence-corrected chi connectivity index (χ3v) is 17.9. The van der Waals surface area contributed by atoms with E-state index in [9.17, 15) is 4.79 Å². The number of fused-ring (bicyclic) bond motifs is 3. The number of rotatable bonds is 7. The molecule has 4 nitrogen and oxygen atoms in total. The van der Waals surface area contributed by atoms with Crippen LogP contribution in [0.3, 0.4) is 0 Å². The van der Waals surface area contributed by atoms with Crippen LogP contribution in [0.1, 0.15) is 59.6 Å². The number of hydrogen-bond donors (Lipinski definition) is 0. The van der Waals surface area contributed by atoms with E-state index in [1.54, 1.807) is 25.6 Å². The second-order valence-corrected chi connectivity index (χ2v) is 24.3. The van der Waals surface area contributed by atoms with E-state index in [1.165, 1.54) is 10.1 Å². The van der Waals surface area contributed by atoms with Gasteiger partial charge in [0.2, 0.25) is 5.78 Å². The highest BCUT2D eigenvalue weighted by Crippen LogP contribution is 2.49. The molecule has 1 unspecified atom stereocenters. The second-order valence-electron chi connectivity index (χ2n) is 13.1. The van der Waals surface area contributed by atoms with Gasteiger partial charge in [-0.25, -0.2) is 0 Å². The van der Waals surface area contributed by atoms with E-state index in [-0.39, 0.29) is 10.8 Å². The third kappa shape index (κ3) is 4.41. The van der Waals surface area contributed by atoms with Gasteiger partial charge in [0.1, 0.15) is 11.5 Å². The number of ether oxygens (including phenoxy) is 2. The van der Waals surface area contributed by atoms with Crippen LogP contribution in [0, 0.1) is 0 Å². The first-order valence-electron chi connectivity index (χ1n) is 13.2. The molecule has 0 radical (unpaired) electrons. The number of carbonyl (C=O) groups excluding carboxylic acids is 1. The number of benzene rings is 2. The summed E-state index contributed by atoms with van der Waals surface area (Å²) in [7, 11) is -0.479. The van der Waals surface area contributed by atoms with Crippen LogP contribution in [-0.4, -0.2) is 36.4 Å². The molecule has 0 saturated heterocycles. The van der Waals surface area contributed by atoms with Crippen molar-refractivity contribution in [3.05, 3.63) is 64.1 Å². The van der Waals surface area contributed by atoms with Gasteiger partial charge >= 0.3 is 0 Å². The molecule has 0 spiro atoms. The highest BCUT2D eigenvalue weighted by Gasteiger charge is 2.45. The highest BCUT2D eigenvalue weighted by atomic mass is 32.1. The van der Waals surface area contributed by atoms with Crippen LogP contribution in [0.25, 0.3) is 10.8 Å². The minimum atomic E-state index is -2.01. The Hall–Kier alpha value is -2.20. The lowest BCUT2D eigenvalue weighted by Crippen LogP contribution is -2.43. The molecule has 1 aliphatic carbocycles. The molecule has 0 amide bonds. The van der Waals surface area contributed by atoms with Crippen molar-refractivity contribution in [3.63, 3.8) is 0 Å². The van der Waals surface area contributed by atoms with Crippen LogP contribution >= 0.6 is 11.3 Å². The number of carbonyl (C=O) groups is 1. The Labute approximate surface area is 234 Å². The van der Waals surface area contributed by atoms with Gasteiger partial charge in [-0.05, 0) is 70.5 Å². The van der Waals surface area contributed by atoms with Gasteiger partial charge in [0.05, 0.1) is 33.8 Å². The van der Waals surface area contributed by atoms with E-state index in [0.717, 1.165) is 38.3 Å². The Kier molecular flexibility index (Phi) is 7.18.